The van der Waals surface area contributed by atoms with Crippen LogP contribution >= 0.6 is 0 Å². The average Bonchev–Trinajstić information content (AvgIpc) is 3.43. The van der Waals surface area contributed by atoms with E-state index in [0.717, 1.165) is 30.5 Å². The van der Waals surface area contributed by atoms with Crippen LogP contribution in [0.4, 0.5) is 16.4 Å². The van der Waals surface area contributed by atoms with Gasteiger partial charge >= 0.3 is 6.09 Å². The lowest BCUT2D eigenvalue weighted by Gasteiger charge is -2.14. The summed E-state index contributed by atoms with van der Waals surface area (Å²) in [6.45, 7) is 3.82. The SMILES string of the molecule is CC(C)NC(=O)O[C@H]1CC[C@@H](c2cc(Nc3ccc(-c4cnco4)cn3)n[nH]2)C1. The maximum atomic E-state index is 11.8. The lowest BCUT2D eigenvalue weighted by Crippen LogP contribution is -2.33. The number of hydrogen-bond acceptors (Lipinski definition) is 7. The highest BCUT2D eigenvalue weighted by Crippen LogP contribution is 2.36. The molecule has 1 aliphatic rings. The first-order valence-corrected chi connectivity index (χ1v) is 9.71. The van der Waals surface area contributed by atoms with E-state index in [-0.39, 0.29) is 24.2 Å². The Morgan fingerprint density at radius 2 is 2.17 bits per heavy atom. The second-order valence-corrected chi connectivity index (χ2v) is 7.47. The first kappa shape index (κ1) is 19.0. The van der Waals surface area contributed by atoms with Gasteiger partial charge in [-0.15, -0.1) is 0 Å². The molecule has 9 nitrogen and oxygen atoms in total. The summed E-state index contributed by atoms with van der Waals surface area (Å²) < 4.78 is 10.8. The van der Waals surface area contributed by atoms with Crippen LogP contribution in [0.15, 0.2) is 41.4 Å². The van der Waals surface area contributed by atoms with Crippen molar-refractivity contribution < 1.29 is 13.9 Å². The molecule has 0 aliphatic heterocycles. The summed E-state index contributed by atoms with van der Waals surface area (Å²) in [7, 11) is 0. The van der Waals surface area contributed by atoms with Crippen molar-refractivity contribution in [1.29, 1.82) is 0 Å². The Morgan fingerprint density at radius 1 is 1.28 bits per heavy atom. The van der Waals surface area contributed by atoms with Crippen LogP contribution in [0.3, 0.4) is 0 Å². The number of carbonyl (C=O) groups excluding carboxylic acids is 1. The Balaban J connectivity index is 1.32. The molecule has 0 bridgehead atoms. The zero-order valence-electron chi connectivity index (χ0n) is 16.4. The van der Waals surface area contributed by atoms with Gasteiger partial charge in [-0.25, -0.2) is 14.8 Å². The maximum absolute atomic E-state index is 11.8. The fourth-order valence-corrected chi connectivity index (χ4v) is 3.46. The monoisotopic (exact) mass is 396 g/mol. The maximum Gasteiger partial charge on any atom is 0.407 e. The minimum absolute atomic E-state index is 0.0660. The van der Waals surface area contributed by atoms with Gasteiger partial charge in [-0.2, -0.15) is 5.10 Å². The van der Waals surface area contributed by atoms with Gasteiger partial charge in [0.05, 0.1) is 6.20 Å². The molecule has 3 aromatic rings. The lowest BCUT2D eigenvalue weighted by molar-refractivity contribution is 0.0981. The van der Waals surface area contributed by atoms with Crippen LogP contribution in [0.5, 0.6) is 0 Å². The van der Waals surface area contributed by atoms with Gasteiger partial charge < -0.3 is 19.8 Å². The number of aromatic nitrogens is 4. The second kappa shape index (κ2) is 8.34. The summed E-state index contributed by atoms with van der Waals surface area (Å²) in [5, 5.41) is 13.4. The second-order valence-electron chi connectivity index (χ2n) is 7.47. The third-order valence-corrected chi connectivity index (χ3v) is 4.84. The van der Waals surface area contributed by atoms with E-state index >= 15 is 0 Å². The molecule has 0 unspecified atom stereocenters. The van der Waals surface area contributed by atoms with Crippen molar-refractivity contribution in [3.05, 3.63) is 42.7 Å². The number of alkyl carbamates (subject to hydrolysis) is 1. The van der Waals surface area contributed by atoms with Crippen LogP contribution in [-0.2, 0) is 4.74 Å². The summed E-state index contributed by atoms with van der Waals surface area (Å²) in [6, 6.07) is 5.82. The molecule has 0 aromatic carbocycles. The molecule has 152 valence electrons. The van der Waals surface area contributed by atoms with Crippen LogP contribution in [-0.4, -0.2) is 38.4 Å². The van der Waals surface area contributed by atoms with Crippen molar-refractivity contribution in [1.82, 2.24) is 25.5 Å². The van der Waals surface area contributed by atoms with E-state index < -0.39 is 0 Å². The molecule has 1 fully saturated rings. The van der Waals surface area contributed by atoms with Crippen LogP contribution in [0, 0.1) is 0 Å². The molecule has 2 atom stereocenters. The molecule has 1 saturated carbocycles. The Bertz CT molecular complexity index is 936. The molecular formula is C20H24N6O3. The van der Waals surface area contributed by atoms with Crippen molar-refractivity contribution in [2.75, 3.05) is 5.32 Å². The fourth-order valence-electron chi connectivity index (χ4n) is 3.46. The van der Waals surface area contributed by atoms with E-state index in [2.05, 4.69) is 30.8 Å². The van der Waals surface area contributed by atoms with E-state index in [1.807, 2.05) is 32.0 Å². The first-order chi connectivity index (χ1) is 14.1. The van der Waals surface area contributed by atoms with Gasteiger partial charge in [-0.1, -0.05) is 0 Å². The number of carbonyl (C=O) groups is 1. The predicted octanol–water partition coefficient (Wildman–Crippen LogP) is 3.97. The lowest BCUT2D eigenvalue weighted by atomic mass is 10.0. The third kappa shape index (κ3) is 4.74. The van der Waals surface area contributed by atoms with Crippen LogP contribution < -0.4 is 10.6 Å². The van der Waals surface area contributed by atoms with Crippen molar-refractivity contribution in [3.8, 4) is 11.3 Å². The number of rotatable bonds is 6. The number of oxazole rings is 1. The number of aromatic amines is 1. The highest BCUT2D eigenvalue weighted by atomic mass is 16.6. The smallest absolute Gasteiger partial charge is 0.407 e. The normalized spacial score (nSPS) is 18.7. The van der Waals surface area contributed by atoms with Gasteiger partial charge in [0.2, 0.25) is 0 Å². The Hall–Kier alpha value is -3.36. The minimum atomic E-state index is -0.350. The molecule has 9 heteroatoms. The van der Waals surface area contributed by atoms with Gasteiger partial charge in [-0.3, -0.25) is 5.10 Å². The summed E-state index contributed by atoms with van der Waals surface area (Å²) >= 11 is 0. The van der Waals surface area contributed by atoms with Crippen molar-refractivity contribution in [2.24, 2.45) is 0 Å². The molecule has 4 rings (SSSR count). The van der Waals surface area contributed by atoms with Crippen LogP contribution in [0.25, 0.3) is 11.3 Å². The zero-order valence-corrected chi connectivity index (χ0v) is 16.4. The van der Waals surface area contributed by atoms with Gasteiger partial charge in [-0.05, 0) is 45.2 Å². The number of hydrogen-bond donors (Lipinski definition) is 3. The van der Waals surface area contributed by atoms with Gasteiger partial charge in [0.15, 0.2) is 18.0 Å². The standard InChI is InChI=1S/C20H24N6O3/c1-12(2)23-20(27)29-15-5-3-13(7-15)16-8-19(26-25-16)24-18-6-4-14(9-22-18)17-10-21-11-28-17/h4,6,8-13,15H,3,5,7H2,1-2H3,(H,23,27)(H2,22,24,25,26)/t13-,15+/m1/s1. The molecule has 0 radical (unpaired) electrons. The van der Waals surface area contributed by atoms with Gasteiger partial charge in [0.1, 0.15) is 11.9 Å². The van der Waals surface area contributed by atoms with E-state index in [1.165, 1.54) is 6.39 Å². The van der Waals surface area contributed by atoms with E-state index in [9.17, 15) is 4.79 Å². The Labute approximate surface area is 168 Å². The number of H-pyrrole nitrogens is 1. The van der Waals surface area contributed by atoms with Crippen molar-refractivity contribution in [3.63, 3.8) is 0 Å². The Morgan fingerprint density at radius 3 is 2.90 bits per heavy atom. The van der Waals surface area contributed by atoms with Crippen LogP contribution in [0.1, 0.15) is 44.7 Å². The summed E-state index contributed by atoms with van der Waals surface area (Å²) in [5.74, 6) is 2.34. The van der Waals surface area contributed by atoms with Crippen LogP contribution in [0.2, 0.25) is 0 Å². The summed E-state index contributed by atoms with van der Waals surface area (Å²) in [6.07, 6.45) is 6.93. The number of pyridine rings is 1. The van der Waals surface area contributed by atoms with E-state index in [0.29, 0.717) is 17.4 Å². The van der Waals surface area contributed by atoms with Gasteiger partial charge in [0, 0.05) is 35.5 Å². The number of ether oxygens (including phenoxy) is 1. The number of anilines is 2. The molecular weight excluding hydrogens is 372 g/mol. The predicted molar refractivity (Wildman–Crippen MR) is 107 cm³/mol. The number of nitrogens with one attached hydrogen (secondary N) is 3. The van der Waals surface area contributed by atoms with Crippen molar-refractivity contribution >= 4 is 17.7 Å². The molecule has 0 saturated heterocycles. The van der Waals surface area contributed by atoms with E-state index in [1.54, 1.807) is 12.4 Å². The minimum Gasteiger partial charge on any atom is -0.446 e. The molecule has 1 aliphatic carbocycles. The fraction of sp³-hybridized carbons (Fsp3) is 0.400. The molecule has 3 heterocycles. The summed E-state index contributed by atoms with van der Waals surface area (Å²) in [5.41, 5.74) is 1.88. The zero-order chi connectivity index (χ0) is 20.2. The van der Waals surface area contributed by atoms with Gasteiger partial charge in [0.25, 0.3) is 0 Å². The quantitative estimate of drug-likeness (QED) is 0.577. The largest absolute Gasteiger partial charge is 0.446 e. The van der Waals surface area contributed by atoms with Crippen molar-refractivity contribution in [2.45, 2.75) is 51.2 Å². The molecule has 1 amide bonds. The molecule has 29 heavy (non-hydrogen) atoms. The summed E-state index contributed by atoms with van der Waals surface area (Å²) in [4.78, 5) is 20.1. The highest BCUT2D eigenvalue weighted by molar-refractivity contribution is 5.67. The number of amides is 1. The Kier molecular flexibility index (Phi) is 5.46. The average molecular weight is 396 g/mol. The topological polar surface area (TPSA) is 118 Å². The highest BCUT2D eigenvalue weighted by Gasteiger charge is 2.30. The molecule has 3 N–H and O–H groups in total. The third-order valence-electron chi connectivity index (χ3n) is 4.84. The number of nitrogens with zero attached hydrogens (tertiary/aromatic N) is 3. The molecule has 0 spiro atoms. The first-order valence-electron chi connectivity index (χ1n) is 9.71. The molecule has 3 aromatic heterocycles. The van der Waals surface area contributed by atoms with E-state index in [4.69, 9.17) is 9.15 Å².